The van der Waals surface area contributed by atoms with E-state index >= 15 is 0 Å². The first-order valence-corrected chi connectivity index (χ1v) is 7.27. The Morgan fingerprint density at radius 1 is 1.10 bits per heavy atom. The molecule has 112 valence electrons. The van der Waals surface area contributed by atoms with Crippen LogP contribution in [0.3, 0.4) is 0 Å². The molecule has 0 bridgehead atoms. The van der Waals surface area contributed by atoms with Crippen molar-refractivity contribution in [3.05, 3.63) is 69.7 Å². The van der Waals surface area contributed by atoms with Crippen molar-refractivity contribution in [1.29, 1.82) is 0 Å². The Balaban J connectivity index is 2.05. The number of benzene rings is 2. The van der Waals surface area contributed by atoms with Crippen molar-refractivity contribution in [1.82, 2.24) is 5.32 Å². The minimum Gasteiger partial charge on any atom is -0.304 e. The zero-order chi connectivity index (χ0) is 15.5. The largest absolute Gasteiger partial charge is 0.304 e. The monoisotopic (exact) mass is 329 g/mol. The van der Waals surface area contributed by atoms with E-state index in [2.05, 4.69) is 5.32 Å². The van der Waals surface area contributed by atoms with Gasteiger partial charge in [0.05, 0.1) is 6.54 Å². The molecule has 1 N–H and O–H groups in total. The summed E-state index contributed by atoms with van der Waals surface area (Å²) in [5, 5.41) is 3.80. The lowest BCUT2D eigenvalue weighted by Crippen LogP contribution is -2.32. The van der Waals surface area contributed by atoms with Gasteiger partial charge in [0.1, 0.15) is 0 Å². The molecule has 0 aliphatic rings. The Labute approximate surface area is 132 Å². The van der Waals surface area contributed by atoms with Crippen molar-refractivity contribution in [2.24, 2.45) is 0 Å². The number of alkyl halides is 2. The van der Waals surface area contributed by atoms with Gasteiger partial charge in [-0.1, -0.05) is 59.6 Å². The van der Waals surface area contributed by atoms with Crippen LogP contribution in [0.1, 0.15) is 24.1 Å². The maximum atomic E-state index is 14.1. The Bertz CT molecular complexity index is 602. The molecule has 0 saturated carbocycles. The predicted molar refractivity (Wildman–Crippen MR) is 83.2 cm³/mol. The molecule has 0 aliphatic carbocycles. The summed E-state index contributed by atoms with van der Waals surface area (Å²) in [4.78, 5) is 0. The molecule has 0 heterocycles. The topological polar surface area (TPSA) is 12.0 Å². The third-order valence-electron chi connectivity index (χ3n) is 3.26. The van der Waals surface area contributed by atoms with Crippen molar-refractivity contribution in [3.8, 4) is 0 Å². The van der Waals surface area contributed by atoms with Crippen LogP contribution in [-0.4, -0.2) is 6.54 Å². The van der Waals surface area contributed by atoms with Crippen molar-refractivity contribution >= 4 is 23.2 Å². The Morgan fingerprint density at radius 3 is 2.38 bits per heavy atom. The van der Waals surface area contributed by atoms with Crippen LogP contribution in [0.2, 0.25) is 10.0 Å². The summed E-state index contributed by atoms with van der Waals surface area (Å²) in [6, 6.07) is 12.5. The smallest absolute Gasteiger partial charge is 0.285 e. The fourth-order valence-electron chi connectivity index (χ4n) is 2.03. The van der Waals surface area contributed by atoms with Gasteiger partial charge in [-0.15, -0.1) is 0 Å². The minimum atomic E-state index is -2.94. The van der Waals surface area contributed by atoms with Gasteiger partial charge < -0.3 is 5.32 Å². The molecular weight excluding hydrogens is 315 g/mol. The highest BCUT2D eigenvalue weighted by Crippen LogP contribution is 2.30. The molecule has 0 spiro atoms. The maximum absolute atomic E-state index is 14.1. The van der Waals surface area contributed by atoms with Crippen molar-refractivity contribution in [2.45, 2.75) is 18.9 Å². The third-order valence-corrected chi connectivity index (χ3v) is 3.82. The van der Waals surface area contributed by atoms with Crippen molar-refractivity contribution < 1.29 is 8.78 Å². The van der Waals surface area contributed by atoms with Gasteiger partial charge in [0.25, 0.3) is 5.92 Å². The van der Waals surface area contributed by atoms with Crippen LogP contribution < -0.4 is 5.32 Å². The quantitative estimate of drug-likeness (QED) is 0.770. The summed E-state index contributed by atoms with van der Waals surface area (Å²) in [5.41, 5.74) is 0.733. The zero-order valence-electron chi connectivity index (χ0n) is 11.4. The molecule has 0 fully saturated rings. The number of rotatable bonds is 5. The maximum Gasteiger partial charge on any atom is 0.285 e. The number of nitrogens with one attached hydrogen (secondary N) is 1. The summed E-state index contributed by atoms with van der Waals surface area (Å²) < 4.78 is 28.2. The van der Waals surface area contributed by atoms with Gasteiger partial charge in [-0.2, -0.15) is 8.78 Å². The van der Waals surface area contributed by atoms with Crippen LogP contribution in [0.15, 0.2) is 48.5 Å². The molecule has 1 unspecified atom stereocenters. The second-order valence-corrected chi connectivity index (χ2v) is 5.68. The lowest BCUT2D eigenvalue weighted by molar-refractivity contribution is -0.00534. The molecule has 2 aromatic carbocycles. The normalized spacial score (nSPS) is 13.2. The lowest BCUT2D eigenvalue weighted by atomic mass is 10.1. The van der Waals surface area contributed by atoms with E-state index in [1.807, 2.05) is 0 Å². The summed E-state index contributed by atoms with van der Waals surface area (Å²) >= 11 is 11.9. The van der Waals surface area contributed by atoms with E-state index < -0.39 is 12.5 Å². The fraction of sp³-hybridized carbons (Fsp3) is 0.250. The van der Waals surface area contributed by atoms with Crippen LogP contribution in [-0.2, 0) is 5.92 Å². The van der Waals surface area contributed by atoms with Gasteiger partial charge in [0, 0.05) is 21.7 Å². The van der Waals surface area contributed by atoms with Crippen LogP contribution in [0, 0.1) is 0 Å². The van der Waals surface area contributed by atoms with Gasteiger partial charge in [0.15, 0.2) is 0 Å². The Kier molecular flexibility index (Phi) is 5.20. The molecule has 2 aromatic rings. The highest BCUT2D eigenvalue weighted by molar-refractivity contribution is 6.35. The average Bonchev–Trinajstić information content (AvgIpc) is 2.46. The Morgan fingerprint density at radius 2 is 1.76 bits per heavy atom. The molecule has 1 atom stereocenters. The van der Waals surface area contributed by atoms with Crippen LogP contribution in [0.4, 0.5) is 8.78 Å². The van der Waals surface area contributed by atoms with Gasteiger partial charge in [-0.25, -0.2) is 0 Å². The van der Waals surface area contributed by atoms with E-state index in [1.165, 1.54) is 12.1 Å². The first-order valence-electron chi connectivity index (χ1n) is 6.52. The summed E-state index contributed by atoms with van der Waals surface area (Å²) in [5.74, 6) is -2.94. The standard InChI is InChI=1S/C16H15Cl2F2N/c1-11(14-8-7-13(17)9-15(14)18)21-10-16(19,20)12-5-3-2-4-6-12/h2-9,11,21H,10H2,1H3. The Hall–Kier alpha value is -1.16. The summed E-state index contributed by atoms with van der Waals surface area (Å²) in [6.07, 6.45) is 0. The summed E-state index contributed by atoms with van der Waals surface area (Å²) in [6.45, 7) is 1.33. The van der Waals surface area contributed by atoms with Crippen molar-refractivity contribution in [2.75, 3.05) is 6.54 Å². The molecule has 0 aliphatic heterocycles. The molecule has 2 rings (SSSR count). The molecule has 0 aromatic heterocycles. The van der Waals surface area contributed by atoms with Crippen molar-refractivity contribution in [3.63, 3.8) is 0 Å². The van der Waals surface area contributed by atoms with Crippen LogP contribution in [0.5, 0.6) is 0 Å². The molecular formula is C16H15Cl2F2N. The average molecular weight is 330 g/mol. The van der Waals surface area contributed by atoms with E-state index in [0.717, 1.165) is 5.56 Å². The van der Waals surface area contributed by atoms with E-state index in [4.69, 9.17) is 23.2 Å². The van der Waals surface area contributed by atoms with Gasteiger partial charge >= 0.3 is 0 Å². The molecule has 0 amide bonds. The second kappa shape index (κ2) is 6.73. The second-order valence-electron chi connectivity index (χ2n) is 4.84. The van der Waals surface area contributed by atoms with Gasteiger partial charge in [0.2, 0.25) is 0 Å². The first kappa shape index (κ1) is 16.2. The molecule has 21 heavy (non-hydrogen) atoms. The number of hydrogen-bond donors (Lipinski definition) is 1. The van der Waals surface area contributed by atoms with E-state index in [9.17, 15) is 8.78 Å². The summed E-state index contributed by atoms with van der Waals surface area (Å²) in [7, 11) is 0. The highest BCUT2D eigenvalue weighted by Gasteiger charge is 2.31. The third kappa shape index (κ3) is 4.16. The van der Waals surface area contributed by atoms with Crippen LogP contribution in [0.25, 0.3) is 0 Å². The van der Waals surface area contributed by atoms with Gasteiger partial charge in [-0.3, -0.25) is 0 Å². The van der Waals surface area contributed by atoms with E-state index in [-0.39, 0.29) is 11.6 Å². The predicted octanol–water partition coefficient (Wildman–Crippen LogP) is 5.44. The first-order chi connectivity index (χ1) is 9.90. The van der Waals surface area contributed by atoms with Crippen LogP contribution >= 0.6 is 23.2 Å². The lowest BCUT2D eigenvalue weighted by Gasteiger charge is -2.21. The fourth-order valence-corrected chi connectivity index (χ4v) is 2.60. The van der Waals surface area contributed by atoms with E-state index in [0.29, 0.717) is 10.0 Å². The number of halogens is 4. The SMILES string of the molecule is CC(NCC(F)(F)c1ccccc1)c1ccc(Cl)cc1Cl. The molecule has 5 heteroatoms. The molecule has 0 saturated heterocycles. The van der Waals surface area contributed by atoms with Gasteiger partial charge in [-0.05, 0) is 24.6 Å². The highest BCUT2D eigenvalue weighted by atomic mass is 35.5. The molecule has 1 nitrogen and oxygen atoms in total. The molecule has 0 radical (unpaired) electrons. The van der Waals surface area contributed by atoms with E-state index in [1.54, 1.807) is 43.3 Å². The zero-order valence-corrected chi connectivity index (χ0v) is 12.9. The minimum absolute atomic E-state index is 0.00750. The number of hydrogen-bond acceptors (Lipinski definition) is 1.